The van der Waals surface area contributed by atoms with Crippen LogP contribution in [0, 0.1) is 0 Å². The minimum absolute atomic E-state index is 0.0289. The second kappa shape index (κ2) is 7.35. The first kappa shape index (κ1) is 21.3. The highest BCUT2D eigenvalue weighted by Gasteiger charge is 2.37. The molecule has 31 heavy (non-hydrogen) atoms. The van der Waals surface area contributed by atoms with Crippen molar-refractivity contribution in [3.8, 4) is 0 Å². The third-order valence-electron chi connectivity index (χ3n) is 5.66. The molecule has 1 saturated heterocycles. The predicted octanol–water partition coefficient (Wildman–Crippen LogP) is 3.80. The molecule has 0 radical (unpaired) electrons. The minimum Gasteiger partial charge on any atom is -0.339 e. The highest BCUT2D eigenvalue weighted by Crippen LogP contribution is 2.34. The zero-order chi connectivity index (χ0) is 22.6. The summed E-state index contributed by atoms with van der Waals surface area (Å²) in [6.07, 6.45) is -0.0714. The number of aromatic nitrogens is 5. The van der Waals surface area contributed by atoms with E-state index in [9.17, 15) is 18.0 Å². The van der Waals surface area contributed by atoms with Crippen LogP contribution < -0.4 is 0 Å². The lowest BCUT2D eigenvalue weighted by Gasteiger charge is -2.31. The molecule has 3 aromatic rings. The summed E-state index contributed by atoms with van der Waals surface area (Å²) in [5.74, 6) is -0.115. The molecule has 1 aliphatic heterocycles. The molecule has 0 spiro atoms. The Morgan fingerprint density at radius 1 is 1.13 bits per heavy atom. The third kappa shape index (κ3) is 4.15. The summed E-state index contributed by atoms with van der Waals surface area (Å²) in [6.45, 7) is 6.52. The van der Waals surface area contributed by atoms with Gasteiger partial charge in [0.2, 0.25) is 0 Å². The van der Waals surface area contributed by atoms with Crippen molar-refractivity contribution in [1.82, 2.24) is 29.3 Å². The molecule has 4 rings (SSSR count). The summed E-state index contributed by atoms with van der Waals surface area (Å²) < 4.78 is 43.6. The first-order valence-corrected chi connectivity index (χ1v) is 10.2. The maximum absolute atomic E-state index is 13.7. The summed E-state index contributed by atoms with van der Waals surface area (Å²) in [5, 5.41) is 8.30. The van der Waals surface area contributed by atoms with Gasteiger partial charge in [-0.1, -0.05) is 20.8 Å². The number of fused-ring (bicyclic) bond motifs is 1. The highest BCUT2D eigenvalue weighted by atomic mass is 19.4. The van der Waals surface area contributed by atoms with E-state index in [0.717, 1.165) is 10.6 Å². The number of halogens is 3. The number of rotatable bonds is 2. The van der Waals surface area contributed by atoms with Crippen LogP contribution in [0.25, 0.3) is 5.65 Å². The lowest BCUT2D eigenvalue weighted by atomic mass is 9.91. The Balaban J connectivity index is 1.59. The van der Waals surface area contributed by atoms with Gasteiger partial charge in [-0.25, -0.2) is 9.50 Å². The van der Waals surface area contributed by atoms with Crippen LogP contribution in [0.3, 0.4) is 0 Å². The number of carbonyl (C=O) groups is 1. The molecule has 10 heteroatoms. The van der Waals surface area contributed by atoms with Gasteiger partial charge < -0.3 is 4.90 Å². The first-order valence-electron chi connectivity index (χ1n) is 10.2. The van der Waals surface area contributed by atoms with Gasteiger partial charge in [0.1, 0.15) is 5.69 Å². The molecule has 166 valence electrons. The van der Waals surface area contributed by atoms with E-state index in [2.05, 4.69) is 15.2 Å². The molecule has 0 atom stereocenters. The van der Waals surface area contributed by atoms with Gasteiger partial charge in [0.05, 0.1) is 23.1 Å². The van der Waals surface area contributed by atoms with Crippen molar-refractivity contribution in [3.05, 3.63) is 47.2 Å². The Labute approximate surface area is 177 Å². The second-order valence-corrected chi connectivity index (χ2v) is 9.08. The maximum Gasteiger partial charge on any atom is 0.433 e. The Hall–Kier alpha value is -2.91. The predicted molar refractivity (Wildman–Crippen MR) is 108 cm³/mol. The van der Waals surface area contributed by atoms with Gasteiger partial charge >= 0.3 is 6.18 Å². The van der Waals surface area contributed by atoms with Gasteiger partial charge in [0, 0.05) is 43.7 Å². The Morgan fingerprint density at radius 2 is 1.81 bits per heavy atom. The number of carbonyl (C=O) groups excluding carboxylic acids is 1. The molecule has 4 heterocycles. The molecular weight excluding hydrogens is 409 g/mol. The number of likely N-dealkylation sites (tertiary alicyclic amines) is 1. The van der Waals surface area contributed by atoms with E-state index in [4.69, 9.17) is 0 Å². The third-order valence-corrected chi connectivity index (χ3v) is 5.66. The van der Waals surface area contributed by atoms with Crippen LogP contribution in [0.5, 0.6) is 0 Å². The SMILES string of the molecule is Cn1cc(C(=O)N2CCC(c3cc4nc(C(C)(C)C)cc(C(F)(F)F)n4n3)CC2)cn1. The quantitative estimate of drug-likeness (QED) is 0.615. The van der Waals surface area contributed by atoms with Crippen molar-refractivity contribution < 1.29 is 18.0 Å². The van der Waals surface area contributed by atoms with Crippen LogP contribution in [0.4, 0.5) is 13.2 Å². The van der Waals surface area contributed by atoms with Crippen molar-refractivity contribution in [2.24, 2.45) is 7.05 Å². The maximum atomic E-state index is 13.7. The van der Waals surface area contributed by atoms with E-state index in [1.54, 1.807) is 28.9 Å². The topological polar surface area (TPSA) is 68.3 Å². The summed E-state index contributed by atoms with van der Waals surface area (Å²) in [4.78, 5) is 18.8. The zero-order valence-corrected chi connectivity index (χ0v) is 17.9. The van der Waals surface area contributed by atoms with E-state index in [1.807, 2.05) is 20.8 Å². The van der Waals surface area contributed by atoms with Gasteiger partial charge in [-0.3, -0.25) is 9.48 Å². The number of aryl methyl sites for hydroxylation is 1. The standard InChI is InChI=1S/C21H25F3N6O/c1-20(2,3)16-10-17(21(22,23)24)30-18(26-16)9-15(27-30)13-5-7-29(8-6-13)19(31)14-11-25-28(4)12-14/h9-13H,5-8H2,1-4H3. The largest absolute Gasteiger partial charge is 0.433 e. The monoisotopic (exact) mass is 434 g/mol. The summed E-state index contributed by atoms with van der Waals surface area (Å²) in [6, 6.07) is 2.73. The van der Waals surface area contributed by atoms with Gasteiger partial charge in [-0.15, -0.1) is 0 Å². The van der Waals surface area contributed by atoms with Crippen LogP contribution >= 0.6 is 0 Å². The van der Waals surface area contributed by atoms with Crippen LogP contribution in [-0.2, 0) is 18.6 Å². The highest BCUT2D eigenvalue weighted by molar-refractivity contribution is 5.93. The summed E-state index contributed by atoms with van der Waals surface area (Å²) in [7, 11) is 1.75. The number of amides is 1. The average Bonchev–Trinajstić information content (AvgIpc) is 3.31. The molecule has 0 unspecified atom stereocenters. The fourth-order valence-electron chi connectivity index (χ4n) is 3.87. The van der Waals surface area contributed by atoms with Gasteiger partial charge in [-0.05, 0) is 18.9 Å². The fourth-order valence-corrected chi connectivity index (χ4v) is 3.87. The first-order chi connectivity index (χ1) is 14.4. The molecule has 1 aliphatic rings. The summed E-state index contributed by atoms with van der Waals surface area (Å²) in [5.41, 5.74) is 0.335. The molecule has 1 amide bonds. The van der Waals surface area contributed by atoms with E-state index in [1.165, 1.54) is 6.20 Å². The number of hydrogen-bond acceptors (Lipinski definition) is 4. The number of alkyl halides is 3. The molecule has 3 aromatic heterocycles. The number of nitrogens with zero attached hydrogens (tertiary/aromatic N) is 6. The van der Waals surface area contributed by atoms with Crippen LogP contribution in [0.2, 0.25) is 0 Å². The van der Waals surface area contributed by atoms with Crippen LogP contribution in [0.15, 0.2) is 24.5 Å². The van der Waals surface area contributed by atoms with Crippen LogP contribution in [0.1, 0.15) is 67.0 Å². The average molecular weight is 434 g/mol. The van der Waals surface area contributed by atoms with Crippen molar-refractivity contribution >= 4 is 11.6 Å². The lowest BCUT2D eigenvalue weighted by Crippen LogP contribution is -2.37. The normalized spacial score (nSPS) is 16.3. The number of piperidine rings is 1. The van der Waals surface area contributed by atoms with Gasteiger partial charge in [0.25, 0.3) is 5.91 Å². The van der Waals surface area contributed by atoms with E-state index >= 15 is 0 Å². The molecule has 0 bridgehead atoms. The molecule has 0 aliphatic carbocycles. The Kier molecular flexibility index (Phi) is 5.06. The molecular formula is C21H25F3N6O. The van der Waals surface area contributed by atoms with Gasteiger partial charge in [-0.2, -0.15) is 23.4 Å². The Morgan fingerprint density at radius 3 is 2.35 bits per heavy atom. The van der Waals surface area contributed by atoms with Gasteiger partial charge in [0.15, 0.2) is 5.65 Å². The molecule has 0 saturated carbocycles. The molecule has 0 aromatic carbocycles. The van der Waals surface area contributed by atoms with Crippen molar-refractivity contribution in [2.45, 2.75) is 51.1 Å². The summed E-state index contributed by atoms with van der Waals surface area (Å²) >= 11 is 0. The van der Waals surface area contributed by atoms with Crippen molar-refractivity contribution in [1.29, 1.82) is 0 Å². The molecule has 1 fully saturated rings. The second-order valence-electron chi connectivity index (χ2n) is 9.08. The van der Waals surface area contributed by atoms with E-state index in [-0.39, 0.29) is 17.5 Å². The van der Waals surface area contributed by atoms with Crippen molar-refractivity contribution in [2.75, 3.05) is 13.1 Å². The van der Waals surface area contributed by atoms with E-state index < -0.39 is 17.3 Å². The fraction of sp³-hybridized carbons (Fsp3) is 0.524. The Bertz CT molecular complexity index is 1120. The van der Waals surface area contributed by atoms with E-state index in [0.29, 0.717) is 42.9 Å². The minimum atomic E-state index is -4.54. The smallest absolute Gasteiger partial charge is 0.339 e. The van der Waals surface area contributed by atoms with Crippen LogP contribution in [-0.4, -0.2) is 48.3 Å². The molecule has 0 N–H and O–H groups in total. The zero-order valence-electron chi connectivity index (χ0n) is 17.9. The molecule has 7 nitrogen and oxygen atoms in total. The van der Waals surface area contributed by atoms with Crippen molar-refractivity contribution in [3.63, 3.8) is 0 Å². The number of hydrogen-bond donors (Lipinski definition) is 0. The lowest BCUT2D eigenvalue weighted by molar-refractivity contribution is -0.142.